The van der Waals surface area contributed by atoms with Crippen LogP contribution in [0.4, 0.5) is 10.8 Å². The average molecular weight is 325 g/mol. The maximum Gasteiger partial charge on any atom is 0.188 e. The molecule has 0 spiro atoms. The van der Waals surface area contributed by atoms with Crippen LogP contribution in [-0.2, 0) is 0 Å². The van der Waals surface area contributed by atoms with Crippen LogP contribution in [0, 0.1) is 0 Å². The van der Waals surface area contributed by atoms with Gasteiger partial charge in [-0.2, -0.15) is 0 Å². The van der Waals surface area contributed by atoms with Gasteiger partial charge in [-0.05, 0) is 36.4 Å². The number of fused-ring (bicyclic) bond motifs is 1. The molecule has 0 unspecified atom stereocenters. The summed E-state index contributed by atoms with van der Waals surface area (Å²) in [5.41, 5.74) is 1.69. The zero-order chi connectivity index (χ0) is 14.1. The van der Waals surface area contributed by atoms with Crippen molar-refractivity contribution >= 4 is 55.6 Å². The second kappa shape index (κ2) is 5.48. The number of aromatic nitrogens is 1. The maximum atomic E-state index is 6.01. The van der Waals surface area contributed by atoms with E-state index in [0.29, 0.717) is 15.8 Å². The molecule has 0 saturated heterocycles. The lowest BCUT2D eigenvalue weighted by Crippen LogP contribution is -1.93. The second-order valence-corrected chi connectivity index (χ2v) is 6.00. The number of thiazole rings is 1. The quantitative estimate of drug-likeness (QED) is 0.704. The van der Waals surface area contributed by atoms with Gasteiger partial charge in [-0.1, -0.05) is 34.5 Å². The van der Waals surface area contributed by atoms with E-state index < -0.39 is 0 Å². The van der Waals surface area contributed by atoms with E-state index in [1.807, 2.05) is 24.3 Å². The number of benzene rings is 2. The fraction of sp³-hybridized carbons (Fsp3) is 0.0714. The zero-order valence-corrected chi connectivity index (χ0v) is 12.8. The summed E-state index contributed by atoms with van der Waals surface area (Å²) in [5.74, 6) is 0.715. The van der Waals surface area contributed by atoms with Crippen LogP contribution in [0.5, 0.6) is 5.75 Å². The molecule has 3 aromatic rings. The number of halogens is 2. The summed E-state index contributed by atoms with van der Waals surface area (Å²) >= 11 is 13.5. The van der Waals surface area contributed by atoms with Crippen LogP contribution < -0.4 is 10.1 Å². The standard InChI is InChI=1S/C14H10Cl2N2OS/c1-19-12-5-3-8(15)6-11(12)18-14-17-10-4-2-9(16)7-13(10)20-14/h2-7H,1H3,(H,17,18). The first-order valence-electron chi connectivity index (χ1n) is 5.82. The van der Waals surface area contributed by atoms with E-state index in [1.165, 1.54) is 11.3 Å². The van der Waals surface area contributed by atoms with Crippen LogP contribution in [0.3, 0.4) is 0 Å². The van der Waals surface area contributed by atoms with Gasteiger partial charge in [0.1, 0.15) is 5.75 Å². The highest BCUT2D eigenvalue weighted by Gasteiger charge is 2.08. The molecule has 0 amide bonds. The second-order valence-electron chi connectivity index (χ2n) is 4.10. The van der Waals surface area contributed by atoms with E-state index >= 15 is 0 Å². The summed E-state index contributed by atoms with van der Waals surface area (Å²) in [6.45, 7) is 0. The van der Waals surface area contributed by atoms with Crippen LogP contribution >= 0.6 is 34.5 Å². The molecule has 3 rings (SSSR count). The molecule has 102 valence electrons. The number of ether oxygens (including phenoxy) is 1. The SMILES string of the molecule is COc1ccc(Cl)cc1Nc1nc2ccc(Cl)cc2s1. The van der Waals surface area contributed by atoms with Crippen molar-refractivity contribution in [3.8, 4) is 5.75 Å². The predicted octanol–water partition coefficient (Wildman–Crippen LogP) is 5.36. The van der Waals surface area contributed by atoms with Crippen LogP contribution in [0.15, 0.2) is 36.4 Å². The third-order valence-electron chi connectivity index (χ3n) is 2.75. The van der Waals surface area contributed by atoms with Crippen molar-refractivity contribution in [1.82, 2.24) is 4.98 Å². The van der Waals surface area contributed by atoms with Gasteiger partial charge in [0.25, 0.3) is 0 Å². The minimum absolute atomic E-state index is 0.637. The number of rotatable bonds is 3. The minimum atomic E-state index is 0.637. The van der Waals surface area contributed by atoms with Crippen molar-refractivity contribution in [2.45, 2.75) is 0 Å². The third-order valence-corrected chi connectivity index (χ3v) is 4.16. The van der Waals surface area contributed by atoms with Crippen molar-refractivity contribution in [3.63, 3.8) is 0 Å². The molecule has 2 aromatic carbocycles. The van der Waals surface area contributed by atoms with Crippen LogP contribution in [0.2, 0.25) is 10.0 Å². The van der Waals surface area contributed by atoms with Gasteiger partial charge < -0.3 is 10.1 Å². The highest BCUT2D eigenvalue weighted by molar-refractivity contribution is 7.22. The first kappa shape index (κ1) is 13.5. The van der Waals surface area contributed by atoms with Crippen molar-refractivity contribution in [3.05, 3.63) is 46.4 Å². The molecule has 3 nitrogen and oxygen atoms in total. The summed E-state index contributed by atoms with van der Waals surface area (Å²) in [4.78, 5) is 4.50. The number of nitrogens with zero attached hydrogens (tertiary/aromatic N) is 1. The first-order valence-corrected chi connectivity index (χ1v) is 7.39. The molecular formula is C14H10Cl2N2OS. The van der Waals surface area contributed by atoms with Gasteiger partial charge in [-0.3, -0.25) is 0 Å². The van der Waals surface area contributed by atoms with Gasteiger partial charge in [0.2, 0.25) is 0 Å². The molecule has 0 atom stereocenters. The highest BCUT2D eigenvalue weighted by atomic mass is 35.5. The molecule has 1 N–H and O–H groups in total. The Bertz CT molecular complexity index is 773. The van der Waals surface area contributed by atoms with E-state index in [-0.39, 0.29) is 0 Å². The number of hydrogen-bond donors (Lipinski definition) is 1. The maximum absolute atomic E-state index is 6.01. The third kappa shape index (κ3) is 2.68. The Morgan fingerprint density at radius 3 is 2.65 bits per heavy atom. The van der Waals surface area contributed by atoms with Crippen molar-refractivity contribution in [2.75, 3.05) is 12.4 Å². The normalized spacial score (nSPS) is 10.8. The number of nitrogens with one attached hydrogen (secondary N) is 1. The van der Waals surface area contributed by atoms with E-state index in [1.54, 1.807) is 19.2 Å². The summed E-state index contributed by atoms with van der Waals surface area (Å²) in [6.07, 6.45) is 0. The van der Waals surface area contributed by atoms with Crippen molar-refractivity contribution in [2.24, 2.45) is 0 Å². The Hall–Kier alpha value is -1.49. The van der Waals surface area contributed by atoms with Gasteiger partial charge in [-0.25, -0.2) is 4.98 Å². The van der Waals surface area contributed by atoms with Gasteiger partial charge in [0.15, 0.2) is 5.13 Å². The van der Waals surface area contributed by atoms with E-state index in [9.17, 15) is 0 Å². The summed E-state index contributed by atoms with van der Waals surface area (Å²) < 4.78 is 6.33. The summed E-state index contributed by atoms with van der Waals surface area (Å²) in [6, 6.07) is 11.0. The molecule has 0 saturated carbocycles. The molecule has 0 aliphatic heterocycles. The van der Waals surface area contributed by atoms with E-state index in [4.69, 9.17) is 27.9 Å². The van der Waals surface area contributed by atoms with Crippen molar-refractivity contribution < 1.29 is 4.74 Å². The lowest BCUT2D eigenvalue weighted by atomic mass is 10.3. The Kier molecular flexibility index (Phi) is 3.70. The summed E-state index contributed by atoms with van der Waals surface area (Å²) in [7, 11) is 1.62. The number of hydrogen-bond acceptors (Lipinski definition) is 4. The Balaban J connectivity index is 1.98. The molecule has 0 aliphatic carbocycles. The van der Waals surface area contributed by atoms with Gasteiger partial charge in [-0.15, -0.1) is 0 Å². The average Bonchev–Trinajstić information content (AvgIpc) is 2.80. The van der Waals surface area contributed by atoms with E-state index in [0.717, 1.165) is 21.0 Å². The lowest BCUT2D eigenvalue weighted by Gasteiger charge is -2.08. The number of methoxy groups -OCH3 is 1. The monoisotopic (exact) mass is 324 g/mol. The molecule has 1 heterocycles. The lowest BCUT2D eigenvalue weighted by molar-refractivity contribution is 0.417. The van der Waals surface area contributed by atoms with E-state index in [2.05, 4.69) is 10.3 Å². The molecule has 6 heteroatoms. The van der Waals surface area contributed by atoms with Gasteiger partial charge >= 0.3 is 0 Å². The fourth-order valence-electron chi connectivity index (χ4n) is 1.85. The molecule has 1 aromatic heterocycles. The molecule has 0 bridgehead atoms. The predicted molar refractivity (Wildman–Crippen MR) is 85.9 cm³/mol. The molecule has 0 radical (unpaired) electrons. The molecule has 0 aliphatic rings. The first-order chi connectivity index (χ1) is 9.65. The highest BCUT2D eigenvalue weighted by Crippen LogP contribution is 2.34. The molecule has 20 heavy (non-hydrogen) atoms. The smallest absolute Gasteiger partial charge is 0.188 e. The largest absolute Gasteiger partial charge is 0.495 e. The van der Waals surface area contributed by atoms with Crippen LogP contribution in [0.25, 0.3) is 10.2 Å². The summed E-state index contributed by atoms with van der Waals surface area (Å²) in [5, 5.41) is 5.33. The van der Waals surface area contributed by atoms with Crippen LogP contribution in [0.1, 0.15) is 0 Å². The number of anilines is 2. The van der Waals surface area contributed by atoms with Crippen LogP contribution in [-0.4, -0.2) is 12.1 Å². The molecule has 0 fully saturated rings. The van der Waals surface area contributed by atoms with Crippen molar-refractivity contribution in [1.29, 1.82) is 0 Å². The minimum Gasteiger partial charge on any atom is -0.495 e. The molecular weight excluding hydrogens is 315 g/mol. The Morgan fingerprint density at radius 1 is 1.10 bits per heavy atom. The zero-order valence-electron chi connectivity index (χ0n) is 10.5. The Labute approximate surface area is 130 Å². The topological polar surface area (TPSA) is 34.1 Å². The van der Waals surface area contributed by atoms with Gasteiger partial charge in [0.05, 0.1) is 23.0 Å². The van der Waals surface area contributed by atoms with Gasteiger partial charge in [0, 0.05) is 10.0 Å². The Morgan fingerprint density at radius 2 is 1.85 bits per heavy atom. The fourth-order valence-corrected chi connectivity index (χ4v) is 3.17.